The summed E-state index contributed by atoms with van der Waals surface area (Å²) in [6, 6.07) is 9.75. The summed E-state index contributed by atoms with van der Waals surface area (Å²) in [5.74, 6) is 0.523. The number of benzene rings is 2. The van der Waals surface area contributed by atoms with Gasteiger partial charge in [0.1, 0.15) is 17.2 Å². The molecule has 2 N–H and O–H groups in total. The molecule has 0 saturated carbocycles. The summed E-state index contributed by atoms with van der Waals surface area (Å²) in [6.07, 6.45) is 0.0140. The van der Waals surface area contributed by atoms with E-state index in [1.807, 2.05) is 0 Å². The average molecular weight is 379 g/mol. The third kappa shape index (κ3) is 4.80. The topological polar surface area (TPSA) is 85.9 Å². The second-order valence-corrected chi connectivity index (χ2v) is 5.64. The molecular weight excluding hydrogens is 360 g/mol. The first kappa shape index (κ1) is 19.4. The third-order valence-electron chi connectivity index (χ3n) is 3.57. The number of carbonyl (C=O) groups is 2. The van der Waals surface area contributed by atoms with Gasteiger partial charge in [0.25, 0.3) is 5.91 Å². The van der Waals surface area contributed by atoms with Crippen molar-refractivity contribution in [3.63, 3.8) is 0 Å². The van der Waals surface area contributed by atoms with E-state index in [-0.39, 0.29) is 12.0 Å². The number of carbonyl (C=O) groups excluding carboxylic acids is 2. The summed E-state index contributed by atoms with van der Waals surface area (Å²) in [5, 5.41) is 0.380. The summed E-state index contributed by atoms with van der Waals surface area (Å²) in [4.78, 5) is 24.4. The Morgan fingerprint density at radius 3 is 2.31 bits per heavy atom. The molecule has 0 aliphatic carbocycles. The maximum Gasteiger partial charge on any atom is 0.273 e. The summed E-state index contributed by atoms with van der Waals surface area (Å²) in [7, 11) is 4.48. The van der Waals surface area contributed by atoms with E-state index in [4.69, 9.17) is 25.8 Å². The second-order valence-electron chi connectivity index (χ2n) is 5.20. The van der Waals surface area contributed by atoms with Gasteiger partial charge in [-0.05, 0) is 24.3 Å². The van der Waals surface area contributed by atoms with E-state index < -0.39 is 11.8 Å². The third-order valence-corrected chi connectivity index (χ3v) is 3.80. The Morgan fingerprint density at radius 1 is 0.923 bits per heavy atom. The highest BCUT2D eigenvalue weighted by molar-refractivity contribution is 6.31. The molecule has 0 radical (unpaired) electrons. The Kier molecular flexibility index (Phi) is 6.68. The Bertz CT molecular complexity index is 810. The monoisotopic (exact) mass is 378 g/mol. The van der Waals surface area contributed by atoms with Gasteiger partial charge in [0, 0.05) is 16.7 Å². The van der Waals surface area contributed by atoms with E-state index in [9.17, 15) is 9.59 Å². The van der Waals surface area contributed by atoms with Crippen LogP contribution in [0.25, 0.3) is 0 Å². The Labute approximate surface area is 156 Å². The molecule has 2 amide bonds. The lowest BCUT2D eigenvalue weighted by Crippen LogP contribution is -2.42. The van der Waals surface area contributed by atoms with Gasteiger partial charge in [0.2, 0.25) is 5.91 Å². The second kappa shape index (κ2) is 8.96. The van der Waals surface area contributed by atoms with Gasteiger partial charge >= 0.3 is 0 Å². The van der Waals surface area contributed by atoms with Gasteiger partial charge in [0.05, 0.1) is 33.3 Å². The Morgan fingerprint density at radius 2 is 1.65 bits per heavy atom. The predicted molar refractivity (Wildman–Crippen MR) is 96.9 cm³/mol. The molecule has 0 spiro atoms. The molecule has 0 atom stereocenters. The molecule has 0 saturated heterocycles. The van der Waals surface area contributed by atoms with Crippen LogP contribution in [0.3, 0.4) is 0 Å². The number of rotatable bonds is 6. The molecule has 7 nitrogen and oxygen atoms in total. The summed E-state index contributed by atoms with van der Waals surface area (Å²) in [6.45, 7) is 0. The first-order valence-corrected chi connectivity index (χ1v) is 8.00. The quantitative estimate of drug-likeness (QED) is 0.754. The van der Waals surface area contributed by atoms with Crippen LogP contribution in [0.2, 0.25) is 5.02 Å². The molecule has 26 heavy (non-hydrogen) atoms. The van der Waals surface area contributed by atoms with Crippen molar-refractivity contribution in [2.75, 3.05) is 21.3 Å². The molecule has 2 aromatic carbocycles. The van der Waals surface area contributed by atoms with Gasteiger partial charge in [-0.25, -0.2) is 0 Å². The molecular formula is C18H19ClN2O5. The van der Waals surface area contributed by atoms with Crippen LogP contribution in [0.15, 0.2) is 36.4 Å². The molecule has 0 aliphatic rings. The number of nitrogens with one attached hydrogen (secondary N) is 2. The minimum absolute atomic E-state index is 0.0140. The number of hydrogen-bond acceptors (Lipinski definition) is 5. The highest BCUT2D eigenvalue weighted by Crippen LogP contribution is 2.25. The van der Waals surface area contributed by atoms with E-state index in [2.05, 4.69) is 10.9 Å². The van der Waals surface area contributed by atoms with Gasteiger partial charge in [-0.15, -0.1) is 0 Å². The SMILES string of the molecule is COc1ccc(CC(=O)NNC(=O)c2cc(Cl)ccc2OC)c(OC)c1. The fourth-order valence-corrected chi connectivity index (χ4v) is 2.44. The van der Waals surface area contributed by atoms with Crippen molar-refractivity contribution >= 4 is 23.4 Å². The lowest BCUT2D eigenvalue weighted by molar-refractivity contribution is -0.121. The molecule has 0 aliphatic heterocycles. The standard InChI is InChI=1S/C18H19ClN2O5/c1-24-13-6-4-11(16(10-13)26-3)8-17(22)20-21-18(23)14-9-12(19)5-7-15(14)25-2/h4-7,9-10H,8H2,1-3H3,(H,20,22)(H,21,23). The molecule has 0 aromatic heterocycles. The van der Waals surface area contributed by atoms with Crippen molar-refractivity contribution in [1.82, 2.24) is 10.9 Å². The van der Waals surface area contributed by atoms with Crippen LogP contribution < -0.4 is 25.1 Å². The molecule has 8 heteroatoms. The minimum atomic E-state index is -0.542. The molecule has 0 bridgehead atoms. The van der Waals surface area contributed by atoms with Gasteiger partial charge in [0.15, 0.2) is 0 Å². The zero-order chi connectivity index (χ0) is 19.1. The first-order chi connectivity index (χ1) is 12.5. The molecule has 0 heterocycles. The van der Waals surface area contributed by atoms with Crippen molar-refractivity contribution in [2.24, 2.45) is 0 Å². The van der Waals surface area contributed by atoms with E-state index in [0.29, 0.717) is 27.8 Å². The lowest BCUT2D eigenvalue weighted by atomic mass is 10.1. The summed E-state index contributed by atoms with van der Waals surface area (Å²) >= 11 is 5.90. The summed E-state index contributed by atoms with van der Waals surface area (Å²) in [5.41, 5.74) is 5.56. The first-order valence-electron chi connectivity index (χ1n) is 7.62. The average Bonchev–Trinajstić information content (AvgIpc) is 2.66. The lowest BCUT2D eigenvalue weighted by Gasteiger charge is -2.12. The zero-order valence-electron chi connectivity index (χ0n) is 14.6. The number of ether oxygens (including phenoxy) is 3. The zero-order valence-corrected chi connectivity index (χ0v) is 15.3. The highest BCUT2D eigenvalue weighted by atomic mass is 35.5. The van der Waals surface area contributed by atoms with E-state index in [1.54, 1.807) is 37.4 Å². The van der Waals surface area contributed by atoms with Crippen LogP contribution in [-0.2, 0) is 11.2 Å². The fraction of sp³-hybridized carbons (Fsp3) is 0.222. The van der Waals surface area contributed by atoms with Gasteiger partial charge in [-0.1, -0.05) is 17.7 Å². The summed E-state index contributed by atoms with van der Waals surface area (Å²) < 4.78 is 15.5. The van der Waals surface area contributed by atoms with Crippen molar-refractivity contribution in [2.45, 2.75) is 6.42 Å². The van der Waals surface area contributed by atoms with Gasteiger partial charge < -0.3 is 14.2 Å². The van der Waals surface area contributed by atoms with Crippen LogP contribution in [0.4, 0.5) is 0 Å². The number of hydrogen-bond donors (Lipinski definition) is 2. The molecule has 0 unspecified atom stereocenters. The van der Waals surface area contributed by atoms with Crippen molar-refractivity contribution in [1.29, 1.82) is 0 Å². The predicted octanol–water partition coefficient (Wildman–Crippen LogP) is 2.37. The maximum atomic E-state index is 12.2. The van der Waals surface area contributed by atoms with Crippen LogP contribution in [0, 0.1) is 0 Å². The number of amides is 2. The minimum Gasteiger partial charge on any atom is -0.497 e. The van der Waals surface area contributed by atoms with Crippen molar-refractivity contribution < 1.29 is 23.8 Å². The van der Waals surface area contributed by atoms with Crippen LogP contribution in [0.1, 0.15) is 15.9 Å². The largest absolute Gasteiger partial charge is 0.497 e. The van der Waals surface area contributed by atoms with Crippen LogP contribution >= 0.6 is 11.6 Å². The maximum absolute atomic E-state index is 12.2. The highest BCUT2D eigenvalue weighted by Gasteiger charge is 2.15. The Hall–Kier alpha value is -2.93. The van der Waals surface area contributed by atoms with Gasteiger partial charge in [-0.3, -0.25) is 20.4 Å². The normalized spacial score (nSPS) is 10.0. The van der Waals surface area contributed by atoms with Crippen molar-refractivity contribution in [3.8, 4) is 17.2 Å². The smallest absolute Gasteiger partial charge is 0.273 e. The fourth-order valence-electron chi connectivity index (χ4n) is 2.27. The van der Waals surface area contributed by atoms with E-state index in [1.165, 1.54) is 20.3 Å². The van der Waals surface area contributed by atoms with Crippen LogP contribution in [-0.4, -0.2) is 33.1 Å². The molecule has 138 valence electrons. The van der Waals surface area contributed by atoms with Crippen molar-refractivity contribution in [3.05, 3.63) is 52.5 Å². The molecule has 2 aromatic rings. The van der Waals surface area contributed by atoms with E-state index >= 15 is 0 Å². The molecule has 2 rings (SSSR count). The van der Waals surface area contributed by atoms with Gasteiger partial charge in [-0.2, -0.15) is 0 Å². The van der Waals surface area contributed by atoms with Crippen LogP contribution in [0.5, 0.6) is 17.2 Å². The Balaban J connectivity index is 2.01. The van der Waals surface area contributed by atoms with E-state index in [0.717, 1.165) is 0 Å². The molecule has 0 fully saturated rings. The number of hydrazine groups is 1. The number of methoxy groups -OCH3 is 3. The number of halogens is 1.